The number of methoxy groups -OCH3 is 4. The quantitative estimate of drug-likeness (QED) is 0.196. The van der Waals surface area contributed by atoms with Crippen LogP contribution in [0.15, 0.2) is 72.8 Å². The van der Waals surface area contributed by atoms with Crippen LogP contribution in [0, 0.1) is 18.7 Å². The van der Waals surface area contributed by atoms with Crippen molar-refractivity contribution in [3.63, 3.8) is 0 Å². The lowest BCUT2D eigenvalue weighted by atomic mass is 9.88. The van der Waals surface area contributed by atoms with Crippen LogP contribution in [0.4, 0.5) is 9.18 Å². The summed E-state index contributed by atoms with van der Waals surface area (Å²) in [7, 11) is 6.31. The van der Waals surface area contributed by atoms with Crippen LogP contribution in [0.3, 0.4) is 0 Å². The molecule has 1 atom stereocenters. The summed E-state index contributed by atoms with van der Waals surface area (Å²) in [5, 5.41) is 3.11. The van der Waals surface area contributed by atoms with E-state index in [2.05, 4.69) is 18.2 Å². The molecule has 0 radical (unpaired) electrons. The number of halogens is 1. The molecular formula is C33H39FN2O5. The number of hydrogen-bond donors (Lipinski definition) is 1. The monoisotopic (exact) mass is 562 g/mol. The van der Waals surface area contributed by atoms with Gasteiger partial charge in [-0.2, -0.15) is 0 Å². The molecule has 3 aromatic carbocycles. The normalized spacial score (nSPS) is 11.9. The summed E-state index contributed by atoms with van der Waals surface area (Å²) >= 11 is 0. The summed E-state index contributed by atoms with van der Waals surface area (Å²) in [4.78, 5) is 15.6. The topological polar surface area (TPSA) is 69.3 Å². The Labute approximate surface area is 242 Å². The Kier molecular flexibility index (Phi) is 12.6. The molecule has 0 fully saturated rings. The third kappa shape index (κ3) is 8.42. The number of carbonyl (C=O) groups excluding carboxylic acids is 1. The maximum Gasteiger partial charge on any atom is 0.318 e. The van der Waals surface area contributed by atoms with Gasteiger partial charge in [0.05, 0.1) is 47.1 Å². The SMILES string of the molecule is C#C.C/C=C/C[C@](C)(NC(=O)N(Cc1ccc(OC)cc1OC)Cc1ccc(OC)cc1OC)c1ccccc1F. The Morgan fingerprint density at radius 2 is 1.39 bits per heavy atom. The van der Waals surface area contributed by atoms with Crippen molar-refractivity contribution in [1.82, 2.24) is 10.2 Å². The molecule has 7 nitrogen and oxygen atoms in total. The fraction of sp³-hybridized carbons (Fsp3) is 0.303. The predicted molar refractivity (Wildman–Crippen MR) is 160 cm³/mol. The van der Waals surface area contributed by atoms with Gasteiger partial charge in [-0.15, -0.1) is 12.8 Å². The largest absolute Gasteiger partial charge is 0.497 e. The van der Waals surface area contributed by atoms with Crippen LogP contribution in [-0.4, -0.2) is 39.4 Å². The van der Waals surface area contributed by atoms with E-state index < -0.39 is 5.54 Å². The first-order chi connectivity index (χ1) is 19.8. The zero-order valence-electron chi connectivity index (χ0n) is 24.6. The lowest BCUT2D eigenvalue weighted by molar-refractivity contribution is 0.177. The summed E-state index contributed by atoms with van der Waals surface area (Å²) < 4.78 is 36.8. The van der Waals surface area contributed by atoms with Gasteiger partial charge in [0.1, 0.15) is 28.8 Å². The molecule has 41 heavy (non-hydrogen) atoms. The first-order valence-corrected chi connectivity index (χ1v) is 13.0. The maximum absolute atomic E-state index is 15.0. The molecule has 0 saturated carbocycles. The van der Waals surface area contributed by atoms with Crippen molar-refractivity contribution in [3.05, 3.63) is 95.3 Å². The summed E-state index contributed by atoms with van der Waals surface area (Å²) in [6.07, 6.45) is 12.2. The number of carbonyl (C=O) groups is 1. The van der Waals surface area contributed by atoms with E-state index in [0.29, 0.717) is 35.0 Å². The molecule has 0 aliphatic heterocycles. The second kappa shape index (κ2) is 15.8. The van der Waals surface area contributed by atoms with Crippen molar-refractivity contribution in [2.45, 2.75) is 38.9 Å². The van der Waals surface area contributed by atoms with Gasteiger partial charge in [-0.1, -0.05) is 30.4 Å². The van der Waals surface area contributed by atoms with Crippen LogP contribution < -0.4 is 24.3 Å². The third-order valence-corrected chi connectivity index (χ3v) is 6.61. The summed E-state index contributed by atoms with van der Waals surface area (Å²) in [5.74, 6) is 2.06. The van der Waals surface area contributed by atoms with Crippen LogP contribution in [-0.2, 0) is 18.6 Å². The number of allylic oxidation sites excluding steroid dienone is 1. The number of urea groups is 1. The zero-order valence-corrected chi connectivity index (χ0v) is 24.6. The standard InChI is InChI=1S/C31H37FN2O5.C2H2/c1-7-8-17-31(2,26-11-9-10-12-27(26)32)33-30(35)34(20-22-13-15-24(36-3)18-28(22)38-5)21-23-14-16-25(37-4)19-29(23)39-6;1-2/h7-16,18-19H,17,20-21H2,1-6H3,(H,33,35);1-2H/b8-7+;/t31-;/m0./s1. The van der Waals surface area contributed by atoms with Crippen LogP contribution in [0.2, 0.25) is 0 Å². The molecule has 2 amide bonds. The van der Waals surface area contributed by atoms with Gasteiger partial charge in [0.2, 0.25) is 0 Å². The van der Waals surface area contributed by atoms with Gasteiger partial charge in [-0.3, -0.25) is 0 Å². The van der Waals surface area contributed by atoms with Crippen LogP contribution in [0.5, 0.6) is 23.0 Å². The lowest BCUT2D eigenvalue weighted by Crippen LogP contribution is -2.49. The first-order valence-electron chi connectivity index (χ1n) is 13.0. The van der Waals surface area contributed by atoms with Gasteiger partial charge < -0.3 is 29.2 Å². The minimum atomic E-state index is -0.999. The highest BCUT2D eigenvalue weighted by Crippen LogP contribution is 2.31. The summed E-state index contributed by atoms with van der Waals surface area (Å²) in [6, 6.07) is 17.0. The Morgan fingerprint density at radius 3 is 1.83 bits per heavy atom. The number of ether oxygens (including phenoxy) is 4. The Hall–Kier alpha value is -4.64. The summed E-state index contributed by atoms with van der Waals surface area (Å²) in [6.45, 7) is 4.14. The van der Waals surface area contributed by atoms with Crippen molar-refractivity contribution < 1.29 is 28.1 Å². The van der Waals surface area contributed by atoms with Gasteiger partial charge in [-0.05, 0) is 50.6 Å². The van der Waals surface area contributed by atoms with E-state index in [-0.39, 0.29) is 24.9 Å². The van der Waals surface area contributed by atoms with Crippen molar-refractivity contribution in [1.29, 1.82) is 0 Å². The Morgan fingerprint density at radius 1 is 0.878 bits per heavy atom. The molecule has 3 aromatic rings. The highest BCUT2D eigenvalue weighted by molar-refractivity contribution is 5.76. The molecule has 0 spiro atoms. The number of rotatable bonds is 12. The average molecular weight is 563 g/mol. The van der Waals surface area contributed by atoms with Gasteiger partial charge in [-0.25, -0.2) is 9.18 Å². The molecule has 0 aliphatic rings. The molecule has 3 rings (SSSR count). The van der Waals surface area contributed by atoms with Crippen LogP contribution >= 0.6 is 0 Å². The number of benzene rings is 3. The molecule has 0 heterocycles. The minimum Gasteiger partial charge on any atom is -0.497 e. The van der Waals surface area contributed by atoms with E-state index in [1.807, 2.05) is 50.3 Å². The molecule has 0 bridgehead atoms. The van der Waals surface area contributed by atoms with Crippen LogP contribution in [0.25, 0.3) is 0 Å². The van der Waals surface area contributed by atoms with E-state index in [4.69, 9.17) is 18.9 Å². The van der Waals surface area contributed by atoms with Crippen molar-refractivity contribution in [2.75, 3.05) is 28.4 Å². The molecule has 0 unspecified atom stereocenters. The molecule has 1 N–H and O–H groups in total. The molecule has 0 aliphatic carbocycles. The van der Waals surface area contributed by atoms with Crippen molar-refractivity contribution in [3.8, 4) is 35.8 Å². The molecular weight excluding hydrogens is 523 g/mol. The number of terminal acetylenes is 1. The summed E-state index contributed by atoms with van der Waals surface area (Å²) in [5.41, 5.74) is 0.964. The number of amides is 2. The van der Waals surface area contributed by atoms with E-state index in [1.54, 1.807) is 63.7 Å². The highest BCUT2D eigenvalue weighted by Gasteiger charge is 2.32. The highest BCUT2D eigenvalue weighted by atomic mass is 19.1. The van der Waals surface area contributed by atoms with E-state index >= 15 is 0 Å². The van der Waals surface area contributed by atoms with E-state index in [0.717, 1.165) is 11.1 Å². The molecule has 8 heteroatoms. The molecule has 218 valence electrons. The maximum atomic E-state index is 15.0. The lowest BCUT2D eigenvalue weighted by Gasteiger charge is -2.34. The zero-order chi connectivity index (χ0) is 30.4. The van der Waals surface area contributed by atoms with E-state index in [9.17, 15) is 9.18 Å². The fourth-order valence-corrected chi connectivity index (χ4v) is 4.38. The van der Waals surface area contributed by atoms with Crippen molar-refractivity contribution >= 4 is 6.03 Å². The van der Waals surface area contributed by atoms with Gasteiger partial charge in [0, 0.05) is 28.8 Å². The minimum absolute atomic E-state index is 0.213. The third-order valence-electron chi connectivity index (χ3n) is 6.61. The Balaban J connectivity index is 0.00000287. The number of nitrogens with one attached hydrogen (secondary N) is 1. The molecule has 0 saturated heterocycles. The van der Waals surface area contributed by atoms with Crippen molar-refractivity contribution in [2.24, 2.45) is 0 Å². The predicted octanol–water partition coefficient (Wildman–Crippen LogP) is 6.70. The second-order valence-electron chi connectivity index (χ2n) is 9.23. The average Bonchev–Trinajstić information content (AvgIpc) is 3.01. The first kappa shape index (κ1) is 32.6. The second-order valence-corrected chi connectivity index (χ2v) is 9.23. The molecule has 0 aromatic heterocycles. The smallest absolute Gasteiger partial charge is 0.318 e. The number of nitrogens with zero attached hydrogens (tertiary/aromatic N) is 1. The van der Waals surface area contributed by atoms with E-state index in [1.165, 1.54) is 6.07 Å². The number of hydrogen-bond acceptors (Lipinski definition) is 5. The van der Waals surface area contributed by atoms with Gasteiger partial charge >= 0.3 is 6.03 Å². The Bertz CT molecular complexity index is 1280. The van der Waals surface area contributed by atoms with Crippen LogP contribution in [0.1, 0.15) is 37.0 Å². The van der Waals surface area contributed by atoms with Gasteiger partial charge in [0.25, 0.3) is 0 Å². The fourth-order valence-electron chi connectivity index (χ4n) is 4.38. The van der Waals surface area contributed by atoms with Gasteiger partial charge in [0.15, 0.2) is 0 Å².